The van der Waals surface area contributed by atoms with Crippen molar-refractivity contribution in [3.05, 3.63) is 16.7 Å². The minimum atomic E-state index is -0.526. The van der Waals surface area contributed by atoms with Gasteiger partial charge in [-0.2, -0.15) is 0 Å². The number of hydrogen-bond donors (Lipinski definition) is 0. The van der Waals surface area contributed by atoms with Crippen LogP contribution in [-0.4, -0.2) is 29.8 Å². The molecule has 0 aliphatic carbocycles. The monoisotopic (exact) mass is 314 g/mol. The number of ether oxygens (including phenoxy) is 2. The number of aromatic nitrogens is 1. The molecule has 18 heavy (non-hydrogen) atoms. The lowest BCUT2D eigenvalue weighted by Crippen LogP contribution is -2.42. The summed E-state index contributed by atoms with van der Waals surface area (Å²) < 4.78 is 11.5. The second-order valence-electron chi connectivity index (χ2n) is 4.94. The summed E-state index contributed by atoms with van der Waals surface area (Å²) in [5, 5.41) is 0. The summed E-state index contributed by atoms with van der Waals surface area (Å²) in [7, 11) is 0. The van der Waals surface area contributed by atoms with Crippen LogP contribution in [0, 0.1) is 0 Å². The Labute approximate surface area is 114 Å². The van der Waals surface area contributed by atoms with Crippen LogP contribution in [0.3, 0.4) is 0 Å². The Morgan fingerprint density at radius 1 is 1.50 bits per heavy atom. The van der Waals surface area contributed by atoms with Gasteiger partial charge in [0, 0.05) is 0 Å². The van der Waals surface area contributed by atoms with Crippen molar-refractivity contribution in [1.29, 1.82) is 0 Å². The van der Waals surface area contributed by atoms with E-state index in [1.165, 1.54) is 4.90 Å². The Bertz CT molecular complexity index is 471. The van der Waals surface area contributed by atoms with Gasteiger partial charge in [0.2, 0.25) is 0 Å². The standard InChI is InChI=1S/C12H15BrN2O3/c1-12(2,3)18-11(16)15-6-7-17-8-4-5-9(13)14-10(8)15/h4-5H,6-7H2,1-3H3. The third-order valence-corrected chi connectivity index (χ3v) is 2.69. The third-order valence-electron chi connectivity index (χ3n) is 2.25. The van der Waals surface area contributed by atoms with Gasteiger partial charge in [-0.25, -0.2) is 9.78 Å². The maximum absolute atomic E-state index is 12.1. The fourth-order valence-corrected chi connectivity index (χ4v) is 1.87. The van der Waals surface area contributed by atoms with Crippen LogP contribution in [0.25, 0.3) is 0 Å². The van der Waals surface area contributed by atoms with Crippen molar-refractivity contribution in [1.82, 2.24) is 4.98 Å². The van der Waals surface area contributed by atoms with Crippen LogP contribution in [0.2, 0.25) is 0 Å². The molecule has 0 aromatic carbocycles. The summed E-state index contributed by atoms with van der Waals surface area (Å²) >= 11 is 3.28. The molecule has 0 unspecified atom stereocenters. The Morgan fingerprint density at radius 3 is 2.89 bits per heavy atom. The van der Waals surface area contributed by atoms with E-state index in [1.807, 2.05) is 20.8 Å². The number of carbonyl (C=O) groups excluding carboxylic acids is 1. The van der Waals surface area contributed by atoms with Crippen LogP contribution in [-0.2, 0) is 4.74 Å². The van der Waals surface area contributed by atoms with Gasteiger partial charge < -0.3 is 9.47 Å². The van der Waals surface area contributed by atoms with E-state index in [0.717, 1.165) is 0 Å². The minimum Gasteiger partial charge on any atom is -0.488 e. The molecule has 2 rings (SSSR count). The van der Waals surface area contributed by atoms with Gasteiger partial charge in [0.25, 0.3) is 0 Å². The molecule has 1 aliphatic rings. The van der Waals surface area contributed by atoms with Crippen molar-refractivity contribution in [3.63, 3.8) is 0 Å². The number of hydrogen-bond acceptors (Lipinski definition) is 4. The molecule has 0 spiro atoms. The highest BCUT2D eigenvalue weighted by Crippen LogP contribution is 2.31. The average Bonchev–Trinajstić information content (AvgIpc) is 2.25. The maximum Gasteiger partial charge on any atom is 0.416 e. The zero-order valence-corrected chi connectivity index (χ0v) is 12.2. The zero-order valence-electron chi connectivity index (χ0n) is 10.6. The van der Waals surface area contributed by atoms with Gasteiger partial charge >= 0.3 is 6.09 Å². The van der Waals surface area contributed by atoms with E-state index in [9.17, 15) is 4.79 Å². The van der Waals surface area contributed by atoms with Gasteiger partial charge in [-0.3, -0.25) is 4.90 Å². The second kappa shape index (κ2) is 4.76. The minimum absolute atomic E-state index is 0.405. The zero-order chi connectivity index (χ0) is 13.3. The Morgan fingerprint density at radius 2 is 2.22 bits per heavy atom. The quantitative estimate of drug-likeness (QED) is 0.691. The second-order valence-corrected chi connectivity index (χ2v) is 5.75. The number of carbonyl (C=O) groups is 1. The molecule has 1 aromatic rings. The predicted molar refractivity (Wildman–Crippen MR) is 71.0 cm³/mol. The van der Waals surface area contributed by atoms with Gasteiger partial charge in [-0.05, 0) is 48.8 Å². The molecule has 2 heterocycles. The smallest absolute Gasteiger partial charge is 0.416 e. The summed E-state index contributed by atoms with van der Waals surface area (Å²) in [6, 6.07) is 3.56. The van der Waals surface area contributed by atoms with Gasteiger partial charge in [0.05, 0.1) is 6.54 Å². The third kappa shape index (κ3) is 2.93. The van der Waals surface area contributed by atoms with Crippen molar-refractivity contribution in [2.24, 2.45) is 0 Å². The summed E-state index contributed by atoms with van der Waals surface area (Å²) in [5.41, 5.74) is -0.526. The van der Waals surface area contributed by atoms with E-state index >= 15 is 0 Å². The first-order chi connectivity index (χ1) is 8.37. The first kappa shape index (κ1) is 13.1. The summed E-state index contributed by atoms with van der Waals surface area (Å²) in [6.45, 7) is 6.38. The maximum atomic E-state index is 12.1. The van der Waals surface area contributed by atoms with Crippen LogP contribution in [0.4, 0.5) is 10.6 Å². The van der Waals surface area contributed by atoms with Crippen LogP contribution in [0.1, 0.15) is 20.8 Å². The van der Waals surface area contributed by atoms with E-state index < -0.39 is 11.7 Å². The lowest BCUT2D eigenvalue weighted by molar-refractivity contribution is 0.0566. The van der Waals surface area contributed by atoms with Gasteiger partial charge in [-0.1, -0.05) is 0 Å². The van der Waals surface area contributed by atoms with Gasteiger partial charge in [0.15, 0.2) is 11.6 Å². The van der Waals surface area contributed by atoms with Crippen LogP contribution >= 0.6 is 15.9 Å². The fourth-order valence-electron chi connectivity index (χ4n) is 1.57. The highest BCUT2D eigenvalue weighted by molar-refractivity contribution is 9.10. The highest BCUT2D eigenvalue weighted by Gasteiger charge is 2.29. The average molecular weight is 315 g/mol. The van der Waals surface area contributed by atoms with E-state index in [4.69, 9.17) is 9.47 Å². The van der Waals surface area contributed by atoms with Gasteiger partial charge in [-0.15, -0.1) is 0 Å². The number of amides is 1. The van der Waals surface area contributed by atoms with Crippen LogP contribution < -0.4 is 9.64 Å². The number of halogens is 1. The van der Waals surface area contributed by atoms with Gasteiger partial charge in [0.1, 0.15) is 16.8 Å². The molecule has 0 fully saturated rings. The largest absolute Gasteiger partial charge is 0.488 e. The number of fused-ring (bicyclic) bond motifs is 1. The van der Waals surface area contributed by atoms with Crippen molar-refractivity contribution >= 4 is 27.8 Å². The predicted octanol–water partition coefficient (Wildman–Crippen LogP) is 2.98. The van der Waals surface area contributed by atoms with Crippen molar-refractivity contribution in [3.8, 4) is 5.75 Å². The van der Waals surface area contributed by atoms with Crippen molar-refractivity contribution < 1.29 is 14.3 Å². The molecule has 1 aromatic heterocycles. The summed E-state index contributed by atoms with van der Waals surface area (Å²) in [6.07, 6.45) is -0.405. The molecule has 0 saturated carbocycles. The Kier molecular flexibility index (Phi) is 3.47. The normalized spacial score (nSPS) is 14.8. The lowest BCUT2D eigenvalue weighted by Gasteiger charge is -2.30. The Hall–Kier alpha value is -1.30. The Balaban J connectivity index is 2.27. The topological polar surface area (TPSA) is 51.7 Å². The molecular weight excluding hydrogens is 300 g/mol. The van der Waals surface area contributed by atoms with Crippen LogP contribution in [0.5, 0.6) is 5.75 Å². The number of rotatable bonds is 0. The molecule has 5 nitrogen and oxygen atoms in total. The first-order valence-corrected chi connectivity index (χ1v) is 6.46. The highest BCUT2D eigenvalue weighted by atomic mass is 79.9. The van der Waals surface area contributed by atoms with Crippen molar-refractivity contribution in [2.75, 3.05) is 18.1 Å². The lowest BCUT2D eigenvalue weighted by atomic mass is 10.2. The van der Waals surface area contributed by atoms with E-state index in [1.54, 1.807) is 12.1 Å². The van der Waals surface area contributed by atoms with E-state index in [-0.39, 0.29) is 0 Å². The molecule has 1 amide bonds. The molecule has 0 bridgehead atoms. The summed E-state index contributed by atoms with van der Waals surface area (Å²) in [4.78, 5) is 17.8. The number of anilines is 1. The van der Waals surface area contributed by atoms with E-state index in [2.05, 4.69) is 20.9 Å². The van der Waals surface area contributed by atoms with Crippen molar-refractivity contribution in [2.45, 2.75) is 26.4 Å². The van der Waals surface area contributed by atoms with Crippen LogP contribution in [0.15, 0.2) is 16.7 Å². The van der Waals surface area contributed by atoms with E-state index in [0.29, 0.717) is 29.3 Å². The summed E-state index contributed by atoms with van der Waals surface area (Å²) in [5.74, 6) is 1.08. The molecule has 0 saturated heterocycles. The molecule has 0 atom stereocenters. The fraction of sp³-hybridized carbons (Fsp3) is 0.500. The molecule has 98 valence electrons. The number of nitrogens with zero attached hydrogens (tertiary/aromatic N) is 2. The first-order valence-electron chi connectivity index (χ1n) is 5.67. The molecule has 0 radical (unpaired) electrons. The molecular formula is C12H15BrN2O3. The molecule has 0 N–H and O–H groups in total. The SMILES string of the molecule is CC(C)(C)OC(=O)N1CCOc2ccc(Br)nc21. The molecule has 1 aliphatic heterocycles. The molecule has 6 heteroatoms. The number of pyridine rings is 1.